The summed E-state index contributed by atoms with van der Waals surface area (Å²) >= 11 is 5.97. The number of nitrogens with two attached hydrogens (primary N) is 1. The monoisotopic (exact) mass is 265 g/mol. The molecule has 0 aromatic heterocycles. The van der Waals surface area contributed by atoms with Crippen molar-refractivity contribution in [1.82, 2.24) is 0 Å². The molecule has 7 heteroatoms. The fraction of sp³-hybridized carbons (Fsp3) is 0.333. The Balaban J connectivity index is 3.24. The van der Waals surface area contributed by atoms with E-state index < -0.39 is 10.0 Å². The normalized spacial score (nSPS) is 11.2. The molecule has 0 bridgehead atoms. The van der Waals surface area contributed by atoms with Crippen LogP contribution in [0.5, 0.6) is 11.5 Å². The van der Waals surface area contributed by atoms with Crippen molar-refractivity contribution >= 4 is 21.6 Å². The standard InChI is InChI=1S/C9H12ClNO4S/c1-14-7-4-3-6(5-16(11,12)13)8(10)9(7)15-2/h3-4H,5H2,1-2H3,(H2,11,12,13). The number of halogens is 1. The Morgan fingerprint density at radius 3 is 2.38 bits per heavy atom. The van der Waals surface area contributed by atoms with Crippen LogP contribution in [0.25, 0.3) is 0 Å². The highest BCUT2D eigenvalue weighted by Crippen LogP contribution is 2.37. The fourth-order valence-electron chi connectivity index (χ4n) is 1.26. The number of rotatable bonds is 4. The maximum Gasteiger partial charge on any atom is 0.213 e. The van der Waals surface area contributed by atoms with Gasteiger partial charge >= 0.3 is 0 Å². The van der Waals surface area contributed by atoms with Gasteiger partial charge in [0.25, 0.3) is 0 Å². The lowest BCUT2D eigenvalue weighted by Gasteiger charge is -2.11. The van der Waals surface area contributed by atoms with Gasteiger partial charge in [-0.05, 0) is 11.6 Å². The lowest BCUT2D eigenvalue weighted by molar-refractivity contribution is 0.355. The number of hydrogen-bond acceptors (Lipinski definition) is 4. The van der Waals surface area contributed by atoms with Gasteiger partial charge in [0.15, 0.2) is 11.5 Å². The van der Waals surface area contributed by atoms with Gasteiger partial charge in [0.2, 0.25) is 10.0 Å². The first-order valence-electron chi connectivity index (χ1n) is 4.29. The van der Waals surface area contributed by atoms with E-state index in [4.69, 9.17) is 26.2 Å². The van der Waals surface area contributed by atoms with Crippen molar-refractivity contribution in [3.63, 3.8) is 0 Å². The first-order chi connectivity index (χ1) is 7.39. The van der Waals surface area contributed by atoms with E-state index in [9.17, 15) is 8.42 Å². The molecule has 0 aliphatic heterocycles. The van der Waals surface area contributed by atoms with E-state index in [-0.39, 0.29) is 10.8 Å². The lowest BCUT2D eigenvalue weighted by atomic mass is 10.2. The van der Waals surface area contributed by atoms with Gasteiger partial charge in [-0.3, -0.25) is 0 Å². The van der Waals surface area contributed by atoms with Crippen LogP contribution in [0.4, 0.5) is 0 Å². The molecule has 0 atom stereocenters. The third-order valence-electron chi connectivity index (χ3n) is 1.92. The molecule has 2 N–H and O–H groups in total. The fourth-order valence-corrected chi connectivity index (χ4v) is 2.31. The van der Waals surface area contributed by atoms with E-state index in [1.807, 2.05) is 0 Å². The molecule has 90 valence electrons. The minimum absolute atomic E-state index is 0.191. The first-order valence-corrected chi connectivity index (χ1v) is 6.38. The van der Waals surface area contributed by atoms with Crippen LogP contribution in [0.2, 0.25) is 5.02 Å². The molecular formula is C9H12ClNO4S. The zero-order valence-electron chi connectivity index (χ0n) is 8.86. The number of sulfonamides is 1. The predicted octanol–water partition coefficient (Wildman–Crippen LogP) is 1.15. The first kappa shape index (κ1) is 13.1. The average Bonchev–Trinajstić information content (AvgIpc) is 2.19. The lowest BCUT2D eigenvalue weighted by Crippen LogP contribution is -2.14. The molecule has 1 aromatic rings. The summed E-state index contributed by atoms with van der Waals surface area (Å²) < 4.78 is 31.9. The molecule has 16 heavy (non-hydrogen) atoms. The van der Waals surface area contributed by atoms with Gasteiger partial charge in [0, 0.05) is 0 Å². The highest BCUT2D eigenvalue weighted by Gasteiger charge is 2.16. The van der Waals surface area contributed by atoms with Crippen LogP contribution in [-0.2, 0) is 15.8 Å². The molecular weight excluding hydrogens is 254 g/mol. The minimum atomic E-state index is -3.63. The van der Waals surface area contributed by atoms with Crippen LogP contribution in [-0.4, -0.2) is 22.6 Å². The topological polar surface area (TPSA) is 78.6 Å². The molecule has 0 unspecified atom stereocenters. The largest absolute Gasteiger partial charge is 0.493 e. The van der Waals surface area contributed by atoms with Crippen molar-refractivity contribution in [2.45, 2.75) is 5.75 Å². The van der Waals surface area contributed by atoms with Gasteiger partial charge in [-0.25, -0.2) is 13.6 Å². The zero-order chi connectivity index (χ0) is 12.3. The minimum Gasteiger partial charge on any atom is -0.493 e. The molecule has 0 amide bonds. The van der Waals surface area contributed by atoms with Crippen molar-refractivity contribution in [2.75, 3.05) is 14.2 Å². The van der Waals surface area contributed by atoms with E-state index >= 15 is 0 Å². The molecule has 0 radical (unpaired) electrons. The Morgan fingerprint density at radius 1 is 1.31 bits per heavy atom. The Bertz CT molecular complexity index is 487. The Labute approximate surface area is 99.2 Å². The molecule has 0 spiro atoms. The SMILES string of the molecule is COc1ccc(CS(N)(=O)=O)c(Cl)c1OC. The molecule has 5 nitrogen and oxygen atoms in total. The second-order valence-electron chi connectivity index (χ2n) is 3.08. The van der Waals surface area contributed by atoms with Crippen LogP contribution in [0, 0.1) is 0 Å². The summed E-state index contributed by atoms with van der Waals surface area (Å²) in [6.45, 7) is 0. The van der Waals surface area contributed by atoms with Crippen molar-refractivity contribution in [3.8, 4) is 11.5 Å². The van der Waals surface area contributed by atoms with Crippen molar-refractivity contribution in [2.24, 2.45) is 5.14 Å². The van der Waals surface area contributed by atoms with E-state index in [0.717, 1.165) is 0 Å². The summed E-state index contributed by atoms with van der Waals surface area (Å²) in [4.78, 5) is 0. The van der Waals surface area contributed by atoms with Gasteiger partial charge in [0.1, 0.15) is 0 Å². The second-order valence-corrected chi connectivity index (χ2v) is 5.07. The summed E-state index contributed by atoms with van der Waals surface area (Å²) in [5.74, 6) is 0.391. The molecule has 0 aliphatic carbocycles. The number of primary sulfonamides is 1. The molecule has 0 saturated carbocycles. The highest BCUT2D eigenvalue weighted by atomic mass is 35.5. The summed E-state index contributed by atoms with van der Waals surface area (Å²) in [6, 6.07) is 3.11. The van der Waals surface area contributed by atoms with Crippen molar-refractivity contribution < 1.29 is 17.9 Å². The number of hydrogen-bond donors (Lipinski definition) is 1. The van der Waals surface area contributed by atoms with Gasteiger partial charge < -0.3 is 9.47 Å². The van der Waals surface area contributed by atoms with Gasteiger partial charge in [0.05, 0.1) is 25.0 Å². The van der Waals surface area contributed by atoms with E-state index in [1.165, 1.54) is 20.3 Å². The Morgan fingerprint density at radius 2 is 1.94 bits per heavy atom. The second kappa shape index (κ2) is 4.90. The Kier molecular flexibility index (Phi) is 4.01. The van der Waals surface area contributed by atoms with Gasteiger partial charge in [-0.15, -0.1) is 0 Å². The van der Waals surface area contributed by atoms with Crippen LogP contribution in [0.15, 0.2) is 12.1 Å². The molecule has 1 aromatic carbocycles. The van der Waals surface area contributed by atoms with Crippen LogP contribution >= 0.6 is 11.6 Å². The summed E-state index contributed by atoms with van der Waals surface area (Å²) in [7, 11) is -0.738. The smallest absolute Gasteiger partial charge is 0.213 e. The molecule has 0 heterocycles. The maximum atomic E-state index is 11.0. The highest BCUT2D eigenvalue weighted by molar-refractivity contribution is 7.88. The molecule has 0 fully saturated rings. The van der Waals surface area contributed by atoms with Gasteiger partial charge in [-0.1, -0.05) is 17.7 Å². The molecule has 1 rings (SSSR count). The van der Waals surface area contributed by atoms with Crippen LogP contribution in [0.3, 0.4) is 0 Å². The zero-order valence-corrected chi connectivity index (χ0v) is 10.4. The van der Waals surface area contributed by atoms with E-state index in [1.54, 1.807) is 6.07 Å². The molecule has 0 aliphatic rings. The number of ether oxygens (including phenoxy) is 2. The van der Waals surface area contributed by atoms with E-state index in [0.29, 0.717) is 17.1 Å². The molecule has 0 saturated heterocycles. The Hall–Kier alpha value is -0.980. The summed E-state index contributed by atoms with van der Waals surface area (Å²) in [5.41, 5.74) is 0.377. The summed E-state index contributed by atoms with van der Waals surface area (Å²) in [5, 5.41) is 5.13. The van der Waals surface area contributed by atoms with Crippen LogP contribution < -0.4 is 14.6 Å². The quantitative estimate of drug-likeness (QED) is 0.886. The van der Waals surface area contributed by atoms with Crippen molar-refractivity contribution in [1.29, 1.82) is 0 Å². The maximum absolute atomic E-state index is 11.0. The van der Waals surface area contributed by atoms with Crippen LogP contribution in [0.1, 0.15) is 5.56 Å². The third-order valence-corrected chi connectivity index (χ3v) is 3.05. The van der Waals surface area contributed by atoms with Crippen molar-refractivity contribution in [3.05, 3.63) is 22.7 Å². The number of benzene rings is 1. The average molecular weight is 266 g/mol. The number of methoxy groups -OCH3 is 2. The summed E-state index contributed by atoms with van der Waals surface area (Å²) in [6.07, 6.45) is 0. The third kappa shape index (κ3) is 3.01. The van der Waals surface area contributed by atoms with Gasteiger partial charge in [-0.2, -0.15) is 0 Å². The van der Waals surface area contributed by atoms with E-state index in [2.05, 4.69) is 0 Å². The predicted molar refractivity (Wildman–Crippen MR) is 61.4 cm³/mol.